The van der Waals surface area contributed by atoms with Crippen LogP contribution in [0.1, 0.15) is 11.5 Å². The van der Waals surface area contributed by atoms with Gasteiger partial charge in [-0.1, -0.05) is 18.2 Å². The van der Waals surface area contributed by atoms with Gasteiger partial charge in [0.05, 0.1) is 6.54 Å². The van der Waals surface area contributed by atoms with Crippen molar-refractivity contribution in [2.45, 2.75) is 13.0 Å². The molecular weight excluding hydrogens is 200 g/mol. The lowest BCUT2D eigenvalue weighted by Crippen LogP contribution is -2.03. The molecule has 84 valence electrons. The van der Waals surface area contributed by atoms with Gasteiger partial charge in [0, 0.05) is 18.7 Å². The summed E-state index contributed by atoms with van der Waals surface area (Å²) < 4.78 is 5.51. The van der Waals surface area contributed by atoms with Gasteiger partial charge in [-0.05, 0) is 24.3 Å². The molecule has 0 fully saturated rings. The molecule has 0 amide bonds. The van der Waals surface area contributed by atoms with Gasteiger partial charge in [0.1, 0.15) is 11.5 Å². The number of rotatable bonds is 5. The van der Waals surface area contributed by atoms with Gasteiger partial charge in [0.25, 0.3) is 0 Å². The predicted molar refractivity (Wildman–Crippen MR) is 65.2 cm³/mol. The normalized spacial score (nSPS) is 10.3. The van der Waals surface area contributed by atoms with Crippen molar-refractivity contribution in [2.75, 3.05) is 11.9 Å². The minimum atomic E-state index is 0.464. The third kappa shape index (κ3) is 2.87. The maximum Gasteiger partial charge on any atom is 0.117 e. The summed E-state index contributed by atoms with van der Waals surface area (Å²) in [5, 5.41) is 3.33. The second kappa shape index (κ2) is 5.37. The third-order valence-electron chi connectivity index (χ3n) is 2.39. The lowest BCUT2D eigenvalue weighted by atomic mass is 10.3. The number of benzene rings is 1. The van der Waals surface area contributed by atoms with Crippen LogP contribution in [0.2, 0.25) is 0 Å². The summed E-state index contributed by atoms with van der Waals surface area (Å²) >= 11 is 0. The van der Waals surface area contributed by atoms with E-state index in [1.54, 1.807) is 0 Å². The molecule has 0 saturated carbocycles. The fraction of sp³-hybridized carbons (Fsp3) is 0.231. The summed E-state index contributed by atoms with van der Waals surface area (Å²) in [6, 6.07) is 14.0. The number of anilines is 1. The van der Waals surface area contributed by atoms with E-state index >= 15 is 0 Å². The number of hydrogen-bond acceptors (Lipinski definition) is 3. The highest BCUT2D eigenvalue weighted by Gasteiger charge is 1.99. The molecular formula is C13H16N2O. The molecule has 0 aliphatic rings. The van der Waals surface area contributed by atoms with Crippen LogP contribution in [0.15, 0.2) is 46.9 Å². The summed E-state index contributed by atoms with van der Waals surface area (Å²) in [4.78, 5) is 0. The highest BCUT2D eigenvalue weighted by atomic mass is 16.3. The van der Waals surface area contributed by atoms with Crippen molar-refractivity contribution in [1.82, 2.24) is 0 Å². The predicted octanol–water partition coefficient (Wildman–Crippen LogP) is 2.39. The lowest BCUT2D eigenvalue weighted by Gasteiger charge is -2.04. The van der Waals surface area contributed by atoms with E-state index in [2.05, 4.69) is 5.32 Å². The number of hydrogen-bond donors (Lipinski definition) is 2. The highest BCUT2D eigenvalue weighted by molar-refractivity contribution is 5.42. The second-order valence-electron chi connectivity index (χ2n) is 3.61. The maximum absolute atomic E-state index is 5.51. The van der Waals surface area contributed by atoms with Gasteiger partial charge in [-0.15, -0.1) is 0 Å². The molecule has 0 aliphatic carbocycles. The molecule has 0 atom stereocenters. The van der Waals surface area contributed by atoms with E-state index in [1.807, 2.05) is 42.5 Å². The molecule has 2 aromatic rings. The summed E-state index contributed by atoms with van der Waals surface area (Å²) in [7, 11) is 0. The Balaban J connectivity index is 1.80. The number of furan rings is 1. The minimum Gasteiger partial charge on any atom is -0.465 e. The number of nitrogens with one attached hydrogen (secondary N) is 1. The molecule has 1 aromatic carbocycles. The highest BCUT2D eigenvalue weighted by Crippen LogP contribution is 2.09. The quantitative estimate of drug-likeness (QED) is 0.806. The van der Waals surface area contributed by atoms with Crippen LogP contribution < -0.4 is 11.1 Å². The summed E-state index contributed by atoms with van der Waals surface area (Å²) in [5.74, 6) is 1.82. The van der Waals surface area contributed by atoms with Crippen molar-refractivity contribution in [3.8, 4) is 0 Å². The van der Waals surface area contributed by atoms with Crippen LogP contribution in [-0.2, 0) is 13.0 Å². The average Bonchev–Trinajstić information content (AvgIpc) is 2.78. The van der Waals surface area contributed by atoms with E-state index in [9.17, 15) is 0 Å². The summed E-state index contributed by atoms with van der Waals surface area (Å²) in [6.45, 7) is 1.33. The average molecular weight is 216 g/mol. The van der Waals surface area contributed by atoms with E-state index in [4.69, 9.17) is 10.2 Å². The fourth-order valence-electron chi connectivity index (χ4n) is 1.55. The van der Waals surface area contributed by atoms with Gasteiger partial charge in [0.2, 0.25) is 0 Å². The van der Waals surface area contributed by atoms with Gasteiger partial charge < -0.3 is 15.5 Å². The molecule has 0 unspecified atom stereocenters. The molecule has 3 heteroatoms. The zero-order valence-electron chi connectivity index (χ0n) is 9.15. The molecule has 1 aromatic heterocycles. The Morgan fingerprint density at radius 2 is 1.75 bits per heavy atom. The number of para-hydroxylation sites is 1. The second-order valence-corrected chi connectivity index (χ2v) is 3.61. The maximum atomic E-state index is 5.51. The van der Waals surface area contributed by atoms with Gasteiger partial charge in [-0.25, -0.2) is 0 Å². The molecule has 0 radical (unpaired) electrons. The first kappa shape index (κ1) is 10.8. The van der Waals surface area contributed by atoms with Crippen LogP contribution in [0.3, 0.4) is 0 Å². The van der Waals surface area contributed by atoms with Crippen LogP contribution in [0.5, 0.6) is 0 Å². The minimum absolute atomic E-state index is 0.464. The Labute approximate surface area is 95.3 Å². The first-order valence-electron chi connectivity index (χ1n) is 5.45. The van der Waals surface area contributed by atoms with Crippen molar-refractivity contribution in [3.05, 3.63) is 54.0 Å². The van der Waals surface area contributed by atoms with Crippen LogP contribution in [-0.4, -0.2) is 6.54 Å². The molecule has 3 N–H and O–H groups in total. The summed E-state index contributed by atoms with van der Waals surface area (Å²) in [5.41, 5.74) is 6.61. The van der Waals surface area contributed by atoms with E-state index in [0.717, 1.165) is 30.2 Å². The molecule has 1 heterocycles. The molecule has 0 spiro atoms. The van der Waals surface area contributed by atoms with Gasteiger partial charge in [-0.3, -0.25) is 0 Å². The van der Waals surface area contributed by atoms with Gasteiger partial charge in [-0.2, -0.15) is 0 Å². The molecule has 2 rings (SSSR count). The Hall–Kier alpha value is -1.74. The van der Waals surface area contributed by atoms with Crippen molar-refractivity contribution < 1.29 is 4.42 Å². The van der Waals surface area contributed by atoms with E-state index in [-0.39, 0.29) is 0 Å². The molecule has 0 saturated heterocycles. The van der Waals surface area contributed by atoms with Crippen LogP contribution in [0.25, 0.3) is 0 Å². The topological polar surface area (TPSA) is 51.2 Å². The monoisotopic (exact) mass is 216 g/mol. The first-order valence-corrected chi connectivity index (χ1v) is 5.45. The zero-order chi connectivity index (χ0) is 11.2. The molecule has 0 aliphatic heterocycles. The lowest BCUT2D eigenvalue weighted by molar-refractivity contribution is 0.469. The third-order valence-corrected chi connectivity index (χ3v) is 2.39. The van der Waals surface area contributed by atoms with Crippen molar-refractivity contribution in [2.24, 2.45) is 5.73 Å². The SMILES string of the molecule is NCc1ccc(CCNc2ccccc2)o1. The largest absolute Gasteiger partial charge is 0.465 e. The number of nitrogens with two attached hydrogens (primary N) is 1. The van der Waals surface area contributed by atoms with Crippen molar-refractivity contribution >= 4 is 5.69 Å². The van der Waals surface area contributed by atoms with Gasteiger partial charge in [0.15, 0.2) is 0 Å². The molecule has 0 bridgehead atoms. The zero-order valence-corrected chi connectivity index (χ0v) is 9.15. The van der Waals surface area contributed by atoms with E-state index in [0.29, 0.717) is 6.54 Å². The molecule has 16 heavy (non-hydrogen) atoms. The fourth-order valence-corrected chi connectivity index (χ4v) is 1.55. The Morgan fingerprint density at radius 1 is 1.00 bits per heavy atom. The Kier molecular flexibility index (Phi) is 3.62. The smallest absolute Gasteiger partial charge is 0.117 e. The van der Waals surface area contributed by atoms with Crippen LogP contribution in [0, 0.1) is 0 Å². The van der Waals surface area contributed by atoms with Gasteiger partial charge >= 0.3 is 0 Å². The van der Waals surface area contributed by atoms with Crippen molar-refractivity contribution in [3.63, 3.8) is 0 Å². The summed E-state index contributed by atoms with van der Waals surface area (Å²) in [6.07, 6.45) is 0.870. The molecule has 3 nitrogen and oxygen atoms in total. The van der Waals surface area contributed by atoms with Crippen molar-refractivity contribution in [1.29, 1.82) is 0 Å². The van der Waals surface area contributed by atoms with E-state index in [1.165, 1.54) is 0 Å². The van der Waals surface area contributed by atoms with Crippen LogP contribution >= 0.6 is 0 Å². The standard InChI is InChI=1S/C13H16N2O/c14-10-13-7-6-12(16-13)8-9-15-11-4-2-1-3-5-11/h1-7,15H,8-10,14H2. The first-order chi connectivity index (χ1) is 7.88. The Bertz CT molecular complexity index is 423. The van der Waals surface area contributed by atoms with Crippen LogP contribution in [0.4, 0.5) is 5.69 Å². The Morgan fingerprint density at radius 3 is 2.44 bits per heavy atom. The van der Waals surface area contributed by atoms with E-state index < -0.39 is 0 Å².